The Morgan fingerprint density at radius 1 is 1.14 bits per heavy atom. The average Bonchev–Trinajstić information content (AvgIpc) is 2.91. The van der Waals surface area contributed by atoms with Crippen LogP contribution in [0.25, 0.3) is 10.4 Å². The molecule has 0 amide bonds. The van der Waals surface area contributed by atoms with Crippen molar-refractivity contribution in [3.8, 4) is 10.4 Å². The van der Waals surface area contributed by atoms with E-state index in [1.54, 1.807) is 0 Å². The first-order valence-electron chi connectivity index (χ1n) is 7.87. The van der Waals surface area contributed by atoms with Crippen LogP contribution in [0, 0.1) is 5.92 Å². The van der Waals surface area contributed by atoms with Crippen LogP contribution in [0.3, 0.4) is 0 Å². The van der Waals surface area contributed by atoms with Gasteiger partial charge in [-0.2, -0.15) is 0 Å². The van der Waals surface area contributed by atoms with Crippen molar-refractivity contribution in [1.82, 2.24) is 10.3 Å². The molecule has 1 unspecified atom stereocenters. The Morgan fingerprint density at radius 2 is 1.86 bits per heavy atom. The van der Waals surface area contributed by atoms with Crippen LogP contribution in [0.4, 0.5) is 0 Å². The number of hydrogen-bond donors (Lipinski definition) is 1. The van der Waals surface area contributed by atoms with E-state index in [0.29, 0.717) is 11.8 Å². The van der Waals surface area contributed by atoms with Gasteiger partial charge in [0.15, 0.2) is 0 Å². The second-order valence-electron chi connectivity index (χ2n) is 6.03. The third-order valence-corrected chi connectivity index (χ3v) is 5.01. The van der Waals surface area contributed by atoms with Gasteiger partial charge in [0.25, 0.3) is 0 Å². The maximum absolute atomic E-state index is 4.91. The lowest BCUT2D eigenvalue weighted by Crippen LogP contribution is -2.19. The summed E-state index contributed by atoms with van der Waals surface area (Å²) in [5, 5.41) is 4.79. The molecule has 0 radical (unpaired) electrons. The van der Waals surface area contributed by atoms with Crippen molar-refractivity contribution in [2.75, 3.05) is 6.54 Å². The van der Waals surface area contributed by atoms with Gasteiger partial charge < -0.3 is 5.32 Å². The zero-order chi connectivity index (χ0) is 15.2. The molecular weight excluding hydrogens is 276 g/mol. The fraction of sp³-hybridized carbons (Fsp3) is 0.500. The zero-order valence-corrected chi connectivity index (χ0v) is 14.3. The lowest BCUT2D eigenvalue weighted by Gasteiger charge is -2.07. The van der Waals surface area contributed by atoms with E-state index in [1.165, 1.54) is 21.1 Å². The summed E-state index contributed by atoms with van der Waals surface area (Å²) in [6.07, 6.45) is 1.14. The molecule has 1 atom stereocenters. The van der Waals surface area contributed by atoms with Crippen molar-refractivity contribution in [3.05, 3.63) is 41.0 Å². The highest BCUT2D eigenvalue weighted by molar-refractivity contribution is 7.15. The molecule has 1 aromatic heterocycles. The van der Waals surface area contributed by atoms with E-state index in [2.05, 4.69) is 63.3 Å². The number of nitrogens with zero attached hydrogens (tertiary/aromatic N) is 1. The topological polar surface area (TPSA) is 24.9 Å². The summed E-state index contributed by atoms with van der Waals surface area (Å²) in [6, 6.07) is 10.6. The second-order valence-corrected chi connectivity index (χ2v) is 7.06. The molecule has 0 fully saturated rings. The Balaban J connectivity index is 2.25. The Bertz CT molecular complexity index is 546. The number of hydrogen-bond acceptors (Lipinski definition) is 3. The van der Waals surface area contributed by atoms with Crippen LogP contribution in [-0.4, -0.2) is 11.5 Å². The molecule has 1 aromatic carbocycles. The second kappa shape index (κ2) is 7.71. The molecule has 114 valence electrons. The van der Waals surface area contributed by atoms with Crippen LogP contribution < -0.4 is 5.32 Å². The summed E-state index contributed by atoms with van der Waals surface area (Å²) >= 11 is 1.85. The monoisotopic (exact) mass is 302 g/mol. The smallest absolute Gasteiger partial charge is 0.0963 e. The van der Waals surface area contributed by atoms with Crippen LogP contribution in [0.5, 0.6) is 0 Å². The molecule has 0 bridgehead atoms. The Morgan fingerprint density at radius 3 is 2.48 bits per heavy atom. The minimum atomic E-state index is 0.538. The number of benzene rings is 1. The fourth-order valence-corrected chi connectivity index (χ4v) is 3.39. The van der Waals surface area contributed by atoms with Crippen LogP contribution in [0.1, 0.15) is 50.7 Å². The highest BCUT2D eigenvalue weighted by atomic mass is 32.1. The number of thiazole rings is 1. The summed E-state index contributed by atoms with van der Waals surface area (Å²) in [7, 11) is 0. The molecule has 1 N–H and O–H groups in total. The van der Waals surface area contributed by atoms with Crippen LogP contribution in [-0.2, 0) is 6.54 Å². The Kier molecular flexibility index (Phi) is 5.95. The molecule has 1 heterocycles. The maximum atomic E-state index is 4.91. The maximum Gasteiger partial charge on any atom is 0.0963 e. The Labute approximate surface area is 132 Å². The molecule has 3 heteroatoms. The fourth-order valence-electron chi connectivity index (χ4n) is 2.17. The lowest BCUT2D eigenvalue weighted by molar-refractivity contribution is 0.548. The van der Waals surface area contributed by atoms with Crippen molar-refractivity contribution in [3.63, 3.8) is 0 Å². The van der Waals surface area contributed by atoms with Crippen molar-refractivity contribution < 1.29 is 0 Å². The van der Waals surface area contributed by atoms with Crippen LogP contribution in [0.15, 0.2) is 30.3 Å². The molecule has 0 aliphatic heterocycles. The van der Waals surface area contributed by atoms with Gasteiger partial charge in [-0.05, 0) is 24.4 Å². The first-order chi connectivity index (χ1) is 10.1. The molecule has 0 saturated heterocycles. The molecule has 0 saturated carbocycles. The molecule has 2 nitrogen and oxygen atoms in total. The van der Waals surface area contributed by atoms with E-state index in [4.69, 9.17) is 4.98 Å². The molecule has 0 aliphatic rings. The van der Waals surface area contributed by atoms with Gasteiger partial charge in [-0.25, -0.2) is 4.98 Å². The molecule has 0 spiro atoms. The first kappa shape index (κ1) is 16.2. The van der Waals surface area contributed by atoms with Crippen molar-refractivity contribution in [1.29, 1.82) is 0 Å². The molecule has 0 aliphatic carbocycles. The number of aromatic nitrogens is 1. The van der Waals surface area contributed by atoms with E-state index in [0.717, 1.165) is 19.5 Å². The van der Waals surface area contributed by atoms with Gasteiger partial charge in [0.1, 0.15) is 0 Å². The predicted molar refractivity (Wildman–Crippen MR) is 92.8 cm³/mol. The molecule has 2 rings (SSSR count). The van der Waals surface area contributed by atoms with Crippen molar-refractivity contribution in [2.45, 2.75) is 46.6 Å². The minimum Gasteiger partial charge on any atom is -0.311 e. The largest absolute Gasteiger partial charge is 0.311 e. The predicted octanol–water partition coefficient (Wildman–Crippen LogP) is 5.07. The SMILES string of the molecule is CCC(C)c1nc(CNCC(C)C)c(-c2ccccc2)s1. The number of rotatable bonds is 7. The zero-order valence-electron chi connectivity index (χ0n) is 13.5. The normalized spacial score (nSPS) is 12.8. The third-order valence-electron chi connectivity index (χ3n) is 3.63. The van der Waals surface area contributed by atoms with Crippen LogP contribution >= 0.6 is 11.3 Å². The van der Waals surface area contributed by atoms with Gasteiger partial charge in [-0.15, -0.1) is 11.3 Å². The Hall–Kier alpha value is -1.19. The highest BCUT2D eigenvalue weighted by Gasteiger charge is 2.16. The molecule has 2 aromatic rings. The summed E-state index contributed by atoms with van der Waals surface area (Å²) < 4.78 is 0. The quantitative estimate of drug-likeness (QED) is 0.772. The van der Waals surface area contributed by atoms with Crippen molar-refractivity contribution in [2.24, 2.45) is 5.92 Å². The highest BCUT2D eigenvalue weighted by Crippen LogP contribution is 2.34. The van der Waals surface area contributed by atoms with Crippen molar-refractivity contribution >= 4 is 11.3 Å². The van der Waals surface area contributed by atoms with E-state index in [1.807, 2.05) is 11.3 Å². The number of nitrogens with one attached hydrogen (secondary N) is 1. The van der Waals surface area contributed by atoms with E-state index in [-0.39, 0.29) is 0 Å². The first-order valence-corrected chi connectivity index (χ1v) is 8.69. The van der Waals surface area contributed by atoms with Gasteiger partial charge >= 0.3 is 0 Å². The van der Waals surface area contributed by atoms with Gasteiger partial charge in [0.05, 0.1) is 15.6 Å². The molecule has 21 heavy (non-hydrogen) atoms. The van der Waals surface area contributed by atoms with Gasteiger partial charge in [0, 0.05) is 12.5 Å². The van der Waals surface area contributed by atoms with E-state index in [9.17, 15) is 0 Å². The van der Waals surface area contributed by atoms with E-state index < -0.39 is 0 Å². The lowest BCUT2D eigenvalue weighted by atomic mass is 10.1. The summed E-state index contributed by atoms with van der Waals surface area (Å²) in [5.41, 5.74) is 2.48. The molecular formula is C18H26N2S. The summed E-state index contributed by atoms with van der Waals surface area (Å²) in [4.78, 5) is 6.23. The summed E-state index contributed by atoms with van der Waals surface area (Å²) in [6.45, 7) is 10.8. The minimum absolute atomic E-state index is 0.538. The van der Waals surface area contributed by atoms with Gasteiger partial charge in [-0.1, -0.05) is 58.0 Å². The summed E-state index contributed by atoms with van der Waals surface area (Å²) in [5.74, 6) is 1.20. The van der Waals surface area contributed by atoms with E-state index >= 15 is 0 Å². The van der Waals surface area contributed by atoms with Gasteiger partial charge in [0.2, 0.25) is 0 Å². The van der Waals surface area contributed by atoms with Gasteiger partial charge in [-0.3, -0.25) is 0 Å². The van der Waals surface area contributed by atoms with Crippen LogP contribution in [0.2, 0.25) is 0 Å². The average molecular weight is 302 g/mol. The third kappa shape index (κ3) is 4.39. The standard InChI is InChI=1S/C18H26N2S/c1-5-14(4)18-20-16(12-19-11-13(2)3)17(21-18)15-9-7-6-8-10-15/h6-10,13-14,19H,5,11-12H2,1-4H3.